The number of hydrogen-bond donors (Lipinski definition) is 0. The van der Waals surface area contributed by atoms with Crippen LogP contribution in [-0.2, 0) is 17.8 Å². The Morgan fingerprint density at radius 2 is 2.14 bits per heavy atom. The van der Waals surface area contributed by atoms with Gasteiger partial charge in [0.2, 0.25) is 0 Å². The molecule has 1 unspecified atom stereocenters. The van der Waals surface area contributed by atoms with Crippen molar-refractivity contribution in [2.24, 2.45) is 0 Å². The van der Waals surface area contributed by atoms with Crippen LogP contribution >= 0.6 is 0 Å². The van der Waals surface area contributed by atoms with Crippen LogP contribution in [-0.4, -0.2) is 22.4 Å². The van der Waals surface area contributed by atoms with E-state index in [-0.39, 0.29) is 5.92 Å². The Labute approximate surface area is 165 Å². The van der Waals surface area contributed by atoms with Crippen LogP contribution in [0.3, 0.4) is 0 Å². The van der Waals surface area contributed by atoms with Crippen molar-refractivity contribution in [1.82, 2.24) is 9.55 Å². The molecule has 0 radical (unpaired) electrons. The summed E-state index contributed by atoms with van der Waals surface area (Å²) in [7, 11) is 0. The zero-order valence-corrected chi connectivity index (χ0v) is 16.0. The zero-order chi connectivity index (χ0) is 19.3. The minimum Gasteiger partial charge on any atom is -0.492 e. The van der Waals surface area contributed by atoms with Gasteiger partial charge in [-0.1, -0.05) is 47.5 Å². The van der Waals surface area contributed by atoms with Gasteiger partial charge in [-0.15, -0.1) is 0 Å². The molecule has 0 spiro atoms. The van der Waals surface area contributed by atoms with Crippen molar-refractivity contribution in [2.75, 3.05) is 6.61 Å². The predicted molar refractivity (Wildman–Crippen MR) is 110 cm³/mol. The molecule has 0 bridgehead atoms. The van der Waals surface area contributed by atoms with Gasteiger partial charge in [0.05, 0.1) is 18.8 Å². The Balaban J connectivity index is 1.50. The van der Waals surface area contributed by atoms with Gasteiger partial charge in [0, 0.05) is 12.4 Å². The summed E-state index contributed by atoms with van der Waals surface area (Å²) in [6.07, 6.45) is 10.5. The Morgan fingerprint density at radius 3 is 2.93 bits per heavy atom. The van der Waals surface area contributed by atoms with Gasteiger partial charge < -0.3 is 14.1 Å². The van der Waals surface area contributed by atoms with E-state index in [0.717, 1.165) is 42.5 Å². The highest BCUT2D eigenvalue weighted by Gasteiger charge is 2.24. The van der Waals surface area contributed by atoms with Crippen LogP contribution in [0.25, 0.3) is 6.08 Å². The van der Waals surface area contributed by atoms with Crippen LogP contribution in [0.15, 0.2) is 66.8 Å². The molecule has 4 rings (SSSR count). The maximum Gasteiger partial charge on any atom is 0.131 e. The molecule has 0 saturated carbocycles. The third-order valence-electron chi connectivity index (χ3n) is 5.24. The third kappa shape index (κ3) is 4.06. The lowest BCUT2D eigenvalue weighted by molar-refractivity contribution is -0.108. The molecule has 2 aromatic carbocycles. The van der Waals surface area contributed by atoms with E-state index in [1.54, 1.807) is 12.5 Å². The Bertz CT molecular complexity index is 990. The number of fused-ring (bicyclic) bond motifs is 1. The highest BCUT2D eigenvalue weighted by Crippen LogP contribution is 2.37. The van der Waals surface area contributed by atoms with Crippen molar-refractivity contribution in [3.63, 3.8) is 0 Å². The number of rotatable bonds is 6. The van der Waals surface area contributed by atoms with Gasteiger partial charge >= 0.3 is 0 Å². The van der Waals surface area contributed by atoms with E-state index in [0.29, 0.717) is 6.61 Å². The molecule has 0 fully saturated rings. The SMILES string of the molecule is Cc1cccc(/C=C2\CCc3cc(OCCn4ccnc4)ccc3C2C=O)c1. The first-order valence-corrected chi connectivity index (χ1v) is 9.67. The number of ether oxygens (including phenoxy) is 1. The predicted octanol–water partition coefficient (Wildman–Crippen LogP) is 4.58. The number of imidazole rings is 1. The second-order valence-electron chi connectivity index (χ2n) is 7.26. The van der Waals surface area contributed by atoms with Crippen LogP contribution in [0.4, 0.5) is 0 Å². The number of aromatic nitrogens is 2. The fraction of sp³-hybridized carbons (Fsp3) is 0.250. The molecule has 1 aliphatic carbocycles. The van der Waals surface area contributed by atoms with Crippen molar-refractivity contribution in [3.05, 3.63) is 89.0 Å². The normalized spacial score (nSPS) is 17.3. The summed E-state index contributed by atoms with van der Waals surface area (Å²) < 4.78 is 7.89. The number of allylic oxidation sites excluding steroid dienone is 1. The Morgan fingerprint density at radius 1 is 1.21 bits per heavy atom. The molecular formula is C24H24N2O2. The number of hydrogen-bond acceptors (Lipinski definition) is 3. The van der Waals surface area contributed by atoms with E-state index in [1.165, 1.54) is 16.7 Å². The van der Waals surface area contributed by atoms with Crippen molar-refractivity contribution in [2.45, 2.75) is 32.2 Å². The lowest BCUT2D eigenvalue weighted by Gasteiger charge is -2.25. The van der Waals surface area contributed by atoms with Crippen LogP contribution in [0.5, 0.6) is 5.75 Å². The number of nitrogens with zero attached hydrogens (tertiary/aromatic N) is 2. The smallest absolute Gasteiger partial charge is 0.131 e. The highest BCUT2D eigenvalue weighted by molar-refractivity contribution is 5.74. The summed E-state index contributed by atoms with van der Waals surface area (Å²) in [5.74, 6) is 0.680. The zero-order valence-electron chi connectivity index (χ0n) is 16.0. The first-order valence-electron chi connectivity index (χ1n) is 9.67. The third-order valence-corrected chi connectivity index (χ3v) is 5.24. The molecule has 1 atom stereocenters. The van der Waals surface area contributed by atoms with Crippen LogP contribution in [0, 0.1) is 6.92 Å². The molecule has 1 aromatic heterocycles. The first-order chi connectivity index (χ1) is 13.7. The van der Waals surface area contributed by atoms with Crippen LogP contribution in [0.2, 0.25) is 0 Å². The summed E-state index contributed by atoms with van der Waals surface area (Å²) in [6, 6.07) is 14.5. The summed E-state index contributed by atoms with van der Waals surface area (Å²) in [5, 5.41) is 0. The Kier molecular flexibility index (Phi) is 5.38. The number of carbonyl (C=O) groups is 1. The Hall–Kier alpha value is -3.14. The molecule has 0 N–H and O–H groups in total. The molecule has 142 valence electrons. The number of carbonyl (C=O) groups excluding carboxylic acids is 1. The van der Waals surface area contributed by atoms with E-state index in [4.69, 9.17) is 4.74 Å². The summed E-state index contributed by atoms with van der Waals surface area (Å²) >= 11 is 0. The lowest BCUT2D eigenvalue weighted by Crippen LogP contribution is -2.14. The van der Waals surface area contributed by atoms with Gasteiger partial charge in [-0.25, -0.2) is 4.98 Å². The van der Waals surface area contributed by atoms with E-state index < -0.39 is 0 Å². The highest BCUT2D eigenvalue weighted by atomic mass is 16.5. The second-order valence-corrected chi connectivity index (χ2v) is 7.26. The minimum atomic E-state index is -0.177. The van der Waals surface area contributed by atoms with Gasteiger partial charge in [-0.05, 0) is 48.6 Å². The van der Waals surface area contributed by atoms with Gasteiger partial charge in [0.25, 0.3) is 0 Å². The van der Waals surface area contributed by atoms with Gasteiger partial charge in [0.1, 0.15) is 18.6 Å². The summed E-state index contributed by atoms with van der Waals surface area (Å²) in [4.78, 5) is 15.9. The molecule has 28 heavy (non-hydrogen) atoms. The molecule has 0 amide bonds. The molecule has 3 aromatic rings. The van der Waals surface area contributed by atoms with Gasteiger partial charge in [-0.2, -0.15) is 0 Å². The first kappa shape index (κ1) is 18.2. The molecule has 1 heterocycles. The van der Waals surface area contributed by atoms with Gasteiger partial charge in [-0.3, -0.25) is 0 Å². The monoisotopic (exact) mass is 372 g/mol. The quantitative estimate of drug-likeness (QED) is 0.595. The summed E-state index contributed by atoms with van der Waals surface area (Å²) in [5.41, 5.74) is 5.87. The molecular weight excluding hydrogens is 348 g/mol. The number of aldehydes is 1. The molecule has 4 heteroatoms. The van der Waals surface area contributed by atoms with Gasteiger partial charge in [0.15, 0.2) is 0 Å². The number of aryl methyl sites for hydroxylation is 2. The van der Waals surface area contributed by atoms with Crippen LogP contribution in [0.1, 0.15) is 34.6 Å². The minimum absolute atomic E-state index is 0.177. The van der Waals surface area contributed by atoms with Crippen molar-refractivity contribution < 1.29 is 9.53 Å². The lowest BCUT2D eigenvalue weighted by atomic mass is 9.79. The number of benzene rings is 2. The largest absolute Gasteiger partial charge is 0.492 e. The standard InChI is InChI=1S/C24H24N2O2/c1-18-3-2-4-19(13-18)14-20-5-6-21-15-22(7-8-23(21)24(20)16-27)28-12-11-26-10-9-25-17-26/h2-4,7-10,13-17,24H,5-6,11-12H2,1H3/b20-14+. The van der Waals surface area contributed by atoms with E-state index in [1.807, 2.05) is 22.9 Å². The maximum atomic E-state index is 11.9. The molecule has 4 nitrogen and oxygen atoms in total. The van der Waals surface area contributed by atoms with Crippen molar-refractivity contribution >= 4 is 12.4 Å². The second kappa shape index (κ2) is 8.26. The fourth-order valence-electron chi connectivity index (χ4n) is 3.81. The average molecular weight is 372 g/mol. The molecule has 0 aliphatic heterocycles. The van der Waals surface area contributed by atoms with Crippen LogP contribution < -0.4 is 4.74 Å². The van der Waals surface area contributed by atoms with E-state index >= 15 is 0 Å². The maximum absolute atomic E-state index is 11.9. The molecule has 1 aliphatic rings. The van der Waals surface area contributed by atoms with Crippen molar-refractivity contribution in [1.29, 1.82) is 0 Å². The molecule has 0 saturated heterocycles. The van der Waals surface area contributed by atoms with E-state index in [9.17, 15) is 4.79 Å². The fourth-order valence-corrected chi connectivity index (χ4v) is 3.81. The summed E-state index contributed by atoms with van der Waals surface area (Å²) in [6.45, 7) is 3.44. The van der Waals surface area contributed by atoms with E-state index in [2.05, 4.69) is 48.3 Å². The topological polar surface area (TPSA) is 44.1 Å². The van der Waals surface area contributed by atoms with Crippen molar-refractivity contribution in [3.8, 4) is 5.75 Å². The average Bonchev–Trinajstić information content (AvgIpc) is 3.21.